The second-order valence-corrected chi connectivity index (χ2v) is 4.32. The second-order valence-electron chi connectivity index (χ2n) is 3.24. The Morgan fingerprint density at radius 3 is 3.06 bits per heavy atom. The maximum atomic E-state index is 10.3. The van der Waals surface area contributed by atoms with Gasteiger partial charge in [0.25, 0.3) is 0 Å². The standard InChI is InChI=1S/C10H10N2O3S/c13-6-1-2-7-8(5-6)12-10(11-7)16-4-3-9(14)15/h1-2,5,13H,3-4H2,(H,11,12)(H,14,15). The van der Waals surface area contributed by atoms with Gasteiger partial charge in [-0.2, -0.15) is 0 Å². The Labute approximate surface area is 95.5 Å². The highest BCUT2D eigenvalue weighted by Crippen LogP contribution is 2.22. The van der Waals surface area contributed by atoms with Crippen LogP contribution in [0.2, 0.25) is 0 Å². The highest BCUT2D eigenvalue weighted by atomic mass is 32.2. The summed E-state index contributed by atoms with van der Waals surface area (Å²) in [5, 5.41) is 18.4. The minimum atomic E-state index is -0.818. The van der Waals surface area contributed by atoms with E-state index in [0.29, 0.717) is 10.9 Å². The van der Waals surface area contributed by atoms with E-state index in [-0.39, 0.29) is 12.2 Å². The number of nitrogens with one attached hydrogen (secondary N) is 1. The van der Waals surface area contributed by atoms with E-state index in [9.17, 15) is 9.90 Å². The van der Waals surface area contributed by atoms with E-state index in [2.05, 4.69) is 9.97 Å². The number of carboxylic acids is 1. The van der Waals surface area contributed by atoms with Crippen molar-refractivity contribution in [3.63, 3.8) is 0 Å². The van der Waals surface area contributed by atoms with Crippen molar-refractivity contribution >= 4 is 28.8 Å². The number of benzene rings is 1. The maximum Gasteiger partial charge on any atom is 0.304 e. The van der Waals surface area contributed by atoms with Gasteiger partial charge in [-0.05, 0) is 12.1 Å². The van der Waals surface area contributed by atoms with E-state index in [1.54, 1.807) is 18.2 Å². The summed E-state index contributed by atoms with van der Waals surface area (Å²) in [5.74, 6) is -0.166. The van der Waals surface area contributed by atoms with Crippen LogP contribution in [-0.4, -0.2) is 31.9 Å². The monoisotopic (exact) mass is 238 g/mol. The van der Waals surface area contributed by atoms with Crippen LogP contribution < -0.4 is 0 Å². The lowest BCUT2D eigenvalue weighted by Crippen LogP contribution is -1.95. The molecule has 0 bridgehead atoms. The number of carboxylic acid groups (broad SMARTS) is 1. The first-order valence-corrected chi connectivity index (χ1v) is 5.67. The first kappa shape index (κ1) is 10.8. The number of phenolic OH excluding ortho intramolecular Hbond substituents is 1. The molecule has 16 heavy (non-hydrogen) atoms. The number of rotatable bonds is 4. The quantitative estimate of drug-likeness (QED) is 0.707. The SMILES string of the molecule is O=C(O)CCSc1nc2ccc(O)cc2[nH]1. The highest BCUT2D eigenvalue weighted by molar-refractivity contribution is 7.99. The van der Waals surface area contributed by atoms with Crippen LogP contribution in [0.5, 0.6) is 5.75 Å². The molecular formula is C10H10N2O3S. The number of carbonyl (C=O) groups is 1. The summed E-state index contributed by atoms with van der Waals surface area (Å²) in [6.45, 7) is 0. The summed E-state index contributed by atoms with van der Waals surface area (Å²) < 4.78 is 0. The molecule has 0 atom stereocenters. The zero-order chi connectivity index (χ0) is 11.5. The molecule has 2 rings (SSSR count). The lowest BCUT2D eigenvalue weighted by molar-refractivity contribution is -0.136. The summed E-state index contributed by atoms with van der Waals surface area (Å²) in [6.07, 6.45) is 0.104. The molecule has 1 heterocycles. The Bertz CT molecular complexity index is 524. The molecule has 0 aliphatic carbocycles. The summed E-state index contributed by atoms with van der Waals surface area (Å²) >= 11 is 1.35. The molecule has 2 aromatic rings. The number of thioether (sulfide) groups is 1. The largest absolute Gasteiger partial charge is 0.508 e. The van der Waals surface area contributed by atoms with E-state index >= 15 is 0 Å². The third kappa shape index (κ3) is 2.46. The number of aromatic amines is 1. The fourth-order valence-corrected chi connectivity index (χ4v) is 2.09. The van der Waals surface area contributed by atoms with Crippen molar-refractivity contribution in [2.45, 2.75) is 11.6 Å². The first-order valence-electron chi connectivity index (χ1n) is 4.68. The number of nitrogens with zero attached hydrogens (tertiary/aromatic N) is 1. The van der Waals surface area contributed by atoms with Gasteiger partial charge < -0.3 is 15.2 Å². The van der Waals surface area contributed by atoms with E-state index in [4.69, 9.17) is 5.11 Å². The smallest absolute Gasteiger partial charge is 0.304 e. The molecule has 0 fully saturated rings. The van der Waals surface area contributed by atoms with Gasteiger partial charge in [0.15, 0.2) is 5.16 Å². The Hall–Kier alpha value is -1.69. The molecule has 0 aliphatic heterocycles. The number of phenols is 1. The lowest BCUT2D eigenvalue weighted by atomic mass is 10.3. The molecule has 0 radical (unpaired) electrons. The minimum Gasteiger partial charge on any atom is -0.508 e. The van der Waals surface area contributed by atoms with E-state index in [0.717, 1.165) is 11.0 Å². The molecule has 0 unspecified atom stereocenters. The Kier molecular flexibility index (Phi) is 3.00. The van der Waals surface area contributed by atoms with Crippen molar-refractivity contribution in [1.82, 2.24) is 9.97 Å². The molecule has 0 aliphatic rings. The lowest BCUT2D eigenvalue weighted by Gasteiger charge is -1.92. The number of H-pyrrole nitrogens is 1. The third-order valence-corrected chi connectivity index (χ3v) is 2.87. The number of aliphatic carboxylic acids is 1. The number of fused-ring (bicyclic) bond motifs is 1. The van der Waals surface area contributed by atoms with Crippen LogP contribution in [0.15, 0.2) is 23.4 Å². The number of hydrogen-bond donors (Lipinski definition) is 3. The number of aromatic hydroxyl groups is 1. The molecule has 0 saturated carbocycles. The molecular weight excluding hydrogens is 228 g/mol. The molecule has 6 heteroatoms. The normalized spacial score (nSPS) is 10.8. The molecule has 5 nitrogen and oxygen atoms in total. The molecule has 0 spiro atoms. The number of imidazole rings is 1. The summed E-state index contributed by atoms with van der Waals surface area (Å²) in [7, 11) is 0. The van der Waals surface area contributed by atoms with Gasteiger partial charge in [-0.15, -0.1) is 0 Å². The molecule has 1 aromatic carbocycles. The second kappa shape index (κ2) is 4.44. The van der Waals surface area contributed by atoms with E-state index in [1.807, 2.05) is 0 Å². The molecule has 0 saturated heterocycles. The Morgan fingerprint density at radius 1 is 1.50 bits per heavy atom. The van der Waals surface area contributed by atoms with Gasteiger partial charge in [-0.25, -0.2) is 4.98 Å². The van der Waals surface area contributed by atoms with E-state index < -0.39 is 5.97 Å². The van der Waals surface area contributed by atoms with Gasteiger partial charge in [0.05, 0.1) is 17.5 Å². The van der Waals surface area contributed by atoms with Crippen molar-refractivity contribution in [2.24, 2.45) is 0 Å². The number of aromatic nitrogens is 2. The summed E-state index contributed by atoms with van der Waals surface area (Å²) in [4.78, 5) is 17.6. The third-order valence-electron chi connectivity index (χ3n) is 2.00. The van der Waals surface area contributed by atoms with Crippen molar-refractivity contribution < 1.29 is 15.0 Å². The van der Waals surface area contributed by atoms with Crippen LogP contribution in [-0.2, 0) is 4.79 Å². The average molecular weight is 238 g/mol. The van der Waals surface area contributed by atoms with E-state index in [1.165, 1.54) is 11.8 Å². The van der Waals surface area contributed by atoms with Crippen molar-refractivity contribution in [3.05, 3.63) is 18.2 Å². The van der Waals surface area contributed by atoms with Crippen LogP contribution >= 0.6 is 11.8 Å². The Morgan fingerprint density at radius 2 is 2.31 bits per heavy atom. The van der Waals surface area contributed by atoms with Crippen molar-refractivity contribution in [2.75, 3.05) is 5.75 Å². The Balaban J connectivity index is 2.10. The summed E-state index contributed by atoms with van der Waals surface area (Å²) in [5.41, 5.74) is 1.51. The zero-order valence-corrected chi connectivity index (χ0v) is 9.12. The molecule has 3 N–H and O–H groups in total. The van der Waals surface area contributed by atoms with Crippen LogP contribution in [0, 0.1) is 0 Å². The molecule has 0 amide bonds. The highest BCUT2D eigenvalue weighted by Gasteiger charge is 2.05. The van der Waals surface area contributed by atoms with Crippen LogP contribution in [0.3, 0.4) is 0 Å². The van der Waals surface area contributed by atoms with Gasteiger partial charge in [-0.1, -0.05) is 11.8 Å². The van der Waals surface area contributed by atoms with Gasteiger partial charge in [0.1, 0.15) is 5.75 Å². The average Bonchev–Trinajstić information content (AvgIpc) is 2.58. The predicted molar refractivity (Wildman–Crippen MR) is 60.7 cm³/mol. The predicted octanol–water partition coefficient (Wildman–Crippen LogP) is 1.84. The van der Waals surface area contributed by atoms with Crippen LogP contribution in [0.25, 0.3) is 11.0 Å². The van der Waals surface area contributed by atoms with Crippen LogP contribution in [0.1, 0.15) is 6.42 Å². The van der Waals surface area contributed by atoms with Crippen LogP contribution in [0.4, 0.5) is 0 Å². The van der Waals surface area contributed by atoms with Crippen molar-refractivity contribution in [3.8, 4) is 5.75 Å². The fraction of sp³-hybridized carbons (Fsp3) is 0.200. The zero-order valence-electron chi connectivity index (χ0n) is 8.30. The first-order chi connectivity index (χ1) is 7.65. The van der Waals surface area contributed by atoms with Gasteiger partial charge in [0, 0.05) is 11.8 Å². The topological polar surface area (TPSA) is 86.2 Å². The van der Waals surface area contributed by atoms with Gasteiger partial charge in [0.2, 0.25) is 0 Å². The minimum absolute atomic E-state index is 0.104. The van der Waals surface area contributed by atoms with Gasteiger partial charge >= 0.3 is 5.97 Å². The van der Waals surface area contributed by atoms with Gasteiger partial charge in [-0.3, -0.25) is 4.79 Å². The summed E-state index contributed by atoms with van der Waals surface area (Å²) in [6, 6.07) is 4.86. The fourth-order valence-electron chi connectivity index (χ4n) is 1.28. The number of hydrogen-bond acceptors (Lipinski definition) is 4. The maximum absolute atomic E-state index is 10.3. The molecule has 1 aromatic heterocycles. The molecule has 84 valence electrons. The van der Waals surface area contributed by atoms with Crippen molar-refractivity contribution in [1.29, 1.82) is 0 Å².